The molecule has 0 aliphatic heterocycles. The SMILES string of the molecule is Cc1cc(Nc2ccccc2)nc(SC[C@@H](O)COCCO)n1. The van der Waals surface area contributed by atoms with Gasteiger partial charge in [-0.1, -0.05) is 30.0 Å². The number of benzene rings is 1. The molecule has 2 rings (SSSR count). The molecule has 0 saturated heterocycles. The van der Waals surface area contributed by atoms with Crippen molar-refractivity contribution in [1.82, 2.24) is 9.97 Å². The Morgan fingerprint density at radius 3 is 2.78 bits per heavy atom. The summed E-state index contributed by atoms with van der Waals surface area (Å²) < 4.78 is 5.09. The Kier molecular flexibility index (Phi) is 7.28. The van der Waals surface area contributed by atoms with Gasteiger partial charge in [0, 0.05) is 23.2 Å². The number of rotatable bonds is 9. The first-order valence-corrected chi connectivity index (χ1v) is 8.33. The highest BCUT2D eigenvalue weighted by Gasteiger charge is 2.09. The van der Waals surface area contributed by atoms with Gasteiger partial charge in [0.15, 0.2) is 5.16 Å². The molecule has 0 bridgehead atoms. The summed E-state index contributed by atoms with van der Waals surface area (Å²) in [6, 6.07) is 11.7. The number of thioether (sulfide) groups is 1. The number of aliphatic hydroxyl groups excluding tert-OH is 2. The van der Waals surface area contributed by atoms with Gasteiger partial charge in [0.1, 0.15) is 5.82 Å². The molecule has 0 radical (unpaired) electrons. The molecule has 0 unspecified atom stereocenters. The lowest BCUT2D eigenvalue weighted by Crippen LogP contribution is -2.19. The molecule has 124 valence electrons. The minimum Gasteiger partial charge on any atom is -0.394 e. The van der Waals surface area contributed by atoms with Gasteiger partial charge < -0.3 is 20.3 Å². The summed E-state index contributed by atoms with van der Waals surface area (Å²) in [5, 5.41) is 22.3. The van der Waals surface area contributed by atoms with Gasteiger partial charge in [-0.15, -0.1) is 0 Å². The van der Waals surface area contributed by atoms with Crippen LogP contribution in [0.1, 0.15) is 5.69 Å². The molecule has 0 saturated carbocycles. The number of aromatic nitrogens is 2. The predicted octanol–water partition coefficient (Wildman–Crippen LogP) is 1.99. The fraction of sp³-hybridized carbons (Fsp3) is 0.375. The Morgan fingerprint density at radius 2 is 2.04 bits per heavy atom. The average Bonchev–Trinajstić information content (AvgIpc) is 2.54. The maximum Gasteiger partial charge on any atom is 0.189 e. The molecule has 0 fully saturated rings. The summed E-state index contributed by atoms with van der Waals surface area (Å²) in [4.78, 5) is 8.81. The molecule has 2 aromatic rings. The fourth-order valence-electron chi connectivity index (χ4n) is 1.84. The van der Waals surface area contributed by atoms with Gasteiger partial charge in [0.05, 0.1) is 25.9 Å². The van der Waals surface area contributed by atoms with Gasteiger partial charge in [-0.05, 0) is 19.1 Å². The third kappa shape index (κ3) is 6.54. The number of aryl methyl sites for hydroxylation is 1. The molecule has 7 heteroatoms. The van der Waals surface area contributed by atoms with Crippen LogP contribution >= 0.6 is 11.8 Å². The zero-order valence-electron chi connectivity index (χ0n) is 13.0. The van der Waals surface area contributed by atoms with Crippen LogP contribution in [0.2, 0.25) is 0 Å². The number of nitrogens with one attached hydrogen (secondary N) is 1. The molecule has 3 N–H and O–H groups in total. The normalized spacial score (nSPS) is 12.1. The second-order valence-electron chi connectivity index (χ2n) is 4.93. The Balaban J connectivity index is 1.92. The molecule has 0 amide bonds. The van der Waals surface area contributed by atoms with Crippen LogP contribution in [0.25, 0.3) is 0 Å². The standard InChI is InChI=1S/C16H21N3O3S/c1-12-9-15(18-13-5-3-2-4-6-13)19-16(17-12)23-11-14(21)10-22-8-7-20/h2-6,9,14,20-21H,7-8,10-11H2,1H3,(H,17,18,19)/t14-/m0/s1. The van der Waals surface area contributed by atoms with E-state index in [0.29, 0.717) is 10.9 Å². The number of anilines is 2. The van der Waals surface area contributed by atoms with E-state index in [9.17, 15) is 5.11 Å². The van der Waals surface area contributed by atoms with Crippen molar-refractivity contribution in [2.24, 2.45) is 0 Å². The molecule has 1 aromatic carbocycles. The fourth-order valence-corrected chi connectivity index (χ4v) is 2.65. The monoisotopic (exact) mass is 335 g/mol. The van der Waals surface area contributed by atoms with E-state index in [1.54, 1.807) is 0 Å². The lowest BCUT2D eigenvalue weighted by molar-refractivity contribution is 0.0311. The summed E-state index contributed by atoms with van der Waals surface area (Å²) in [5.41, 5.74) is 1.81. The van der Waals surface area contributed by atoms with Crippen LogP contribution in [0.3, 0.4) is 0 Å². The van der Waals surface area contributed by atoms with Crippen LogP contribution in [0.4, 0.5) is 11.5 Å². The summed E-state index contributed by atoms with van der Waals surface area (Å²) in [6.07, 6.45) is -0.624. The Hall–Kier alpha value is -1.67. The zero-order valence-corrected chi connectivity index (χ0v) is 13.8. The lowest BCUT2D eigenvalue weighted by atomic mass is 10.3. The van der Waals surface area contributed by atoms with Gasteiger partial charge in [-0.3, -0.25) is 0 Å². The topological polar surface area (TPSA) is 87.5 Å². The van der Waals surface area contributed by atoms with Crippen molar-refractivity contribution in [1.29, 1.82) is 0 Å². The number of ether oxygens (including phenoxy) is 1. The molecular weight excluding hydrogens is 314 g/mol. The average molecular weight is 335 g/mol. The van der Waals surface area contributed by atoms with Gasteiger partial charge in [-0.2, -0.15) is 0 Å². The van der Waals surface area contributed by atoms with Crippen molar-refractivity contribution in [3.63, 3.8) is 0 Å². The van der Waals surface area contributed by atoms with E-state index in [2.05, 4.69) is 15.3 Å². The molecule has 0 aliphatic rings. The van der Waals surface area contributed by atoms with Crippen molar-refractivity contribution in [3.05, 3.63) is 42.1 Å². The van der Waals surface area contributed by atoms with Crippen LogP contribution in [-0.2, 0) is 4.74 Å². The first kappa shape index (κ1) is 17.7. The highest BCUT2D eigenvalue weighted by Crippen LogP contribution is 2.20. The van der Waals surface area contributed by atoms with Gasteiger partial charge in [0.2, 0.25) is 0 Å². The second kappa shape index (κ2) is 9.46. The molecule has 0 spiro atoms. The largest absolute Gasteiger partial charge is 0.394 e. The third-order valence-corrected chi connectivity index (χ3v) is 3.82. The second-order valence-corrected chi connectivity index (χ2v) is 5.92. The van der Waals surface area contributed by atoms with Crippen LogP contribution in [0, 0.1) is 6.92 Å². The van der Waals surface area contributed by atoms with Crippen LogP contribution in [-0.4, -0.2) is 51.9 Å². The number of aliphatic hydroxyl groups is 2. The highest BCUT2D eigenvalue weighted by molar-refractivity contribution is 7.99. The number of hydrogen-bond acceptors (Lipinski definition) is 7. The van der Waals surface area contributed by atoms with Gasteiger partial charge >= 0.3 is 0 Å². The number of hydrogen-bond donors (Lipinski definition) is 3. The van der Waals surface area contributed by atoms with E-state index in [-0.39, 0.29) is 19.8 Å². The first-order valence-electron chi connectivity index (χ1n) is 7.34. The lowest BCUT2D eigenvalue weighted by Gasteiger charge is -2.11. The smallest absolute Gasteiger partial charge is 0.189 e. The molecular formula is C16H21N3O3S. The number of nitrogens with zero attached hydrogens (tertiary/aromatic N) is 2. The van der Waals surface area contributed by atoms with E-state index < -0.39 is 6.10 Å². The van der Waals surface area contributed by atoms with E-state index in [1.165, 1.54) is 11.8 Å². The van der Waals surface area contributed by atoms with Gasteiger partial charge in [0.25, 0.3) is 0 Å². The summed E-state index contributed by atoms with van der Waals surface area (Å²) in [6.45, 7) is 2.28. The summed E-state index contributed by atoms with van der Waals surface area (Å²) >= 11 is 1.37. The predicted molar refractivity (Wildman–Crippen MR) is 91.1 cm³/mol. The Bertz CT molecular complexity index is 598. The van der Waals surface area contributed by atoms with Crippen LogP contribution in [0.15, 0.2) is 41.6 Å². The molecule has 6 nitrogen and oxygen atoms in total. The molecule has 1 atom stereocenters. The Morgan fingerprint density at radius 1 is 1.26 bits per heavy atom. The van der Waals surface area contributed by atoms with Crippen molar-refractivity contribution in [2.45, 2.75) is 18.2 Å². The maximum absolute atomic E-state index is 9.81. The van der Waals surface area contributed by atoms with E-state index in [1.807, 2.05) is 43.3 Å². The molecule has 1 aromatic heterocycles. The maximum atomic E-state index is 9.81. The van der Waals surface area contributed by atoms with E-state index in [4.69, 9.17) is 9.84 Å². The van der Waals surface area contributed by atoms with Crippen molar-refractivity contribution in [2.75, 3.05) is 30.9 Å². The summed E-state index contributed by atoms with van der Waals surface area (Å²) in [7, 11) is 0. The highest BCUT2D eigenvalue weighted by atomic mass is 32.2. The molecule has 1 heterocycles. The minimum absolute atomic E-state index is 0.0463. The summed E-state index contributed by atoms with van der Waals surface area (Å²) in [5.74, 6) is 1.15. The molecule has 23 heavy (non-hydrogen) atoms. The number of para-hydroxylation sites is 1. The Labute approximate surface area is 139 Å². The van der Waals surface area contributed by atoms with Crippen LogP contribution < -0.4 is 5.32 Å². The van der Waals surface area contributed by atoms with Crippen LogP contribution in [0.5, 0.6) is 0 Å². The van der Waals surface area contributed by atoms with E-state index >= 15 is 0 Å². The van der Waals surface area contributed by atoms with E-state index in [0.717, 1.165) is 17.2 Å². The molecule has 0 aliphatic carbocycles. The quantitative estimate of drug-likeness (QED) is 0.367. The van der Waals surface area contributed by atoms with Crippen molar-refractivity contribution >= 4 is 23.3 Å². The first-order chi connectivity index (χ1) is 11.2. The van der Waals surface area contributed by atoms with Gasteiger partial charge in [-0.25, -0.2) is 9.97 Å². The van der Waals surface area contributed by atoms with Crippen molar-refractivity contribution < 1.29 is 14.9 Å². The zero-order chi connectivity index (χ0) is 16.5. The van der Waals surface area contributed by atoms with Crippen molar-refractivity contribution in [3.8, 4) is 0 Å². The minimum atomic E-state index is -0.624. The third-order valence-electron chi connectivity index (χ3n) is 2.83.